The van der Waals surface area contributed by atoms with E-state index in [0.29, 0.717) is 46.8 Å². The number of carbonyl (C=O) groups excluding carboxylic acids is 1. The average molecular weight is 570 g/mol. The summed E-state index contributed by atoms with van der Waals surface area (Å²) in [7, 11) is 0. The lowest BCUT2D eigenvalue weighted by molar-refractivity contribution is 0.0767. The predicted octanol–water partition coefficient (Wildman–Crippen LogP) is 6.51. The van der Waals surface area contributed by atoms with Crippen LogP contribution in [0.1, 0.15) is 48.6 Å². The number of rotatable bonds is 6. The zero-order valence-electron chi connectivity index (χ0n) is 22.3. The summed E-state index contributed by atoms with van der Waals surface area (Å²) in [5.41, 5.74) is 2.69. The van der Waals surface area contributed by atoms with E-state index in [4.69, 9.17) is 38.3 Å². The fourth-order valence-electron chi connectivity index (χ4n) is 4.89. The van der Waals surface area contributed by atoms with Gasteiger partial charge in [-0.25, -0.2) is 19.0 Å². The summed E-state index contributed by atoms with van der Waals surface area (Å²) >= 11 is 12.4. The number of hydrogen-bond acceptors (Lipinski definition) is 5. The van der Waals surface area contributed by atoms with Gasteiger partial charge in [0.25, 0.3) is 5.91 Å². The Kier molecular flexibility index (Phi) is 8.05. The molecule has 0 atom stereocenters. The van der Waals surface area contributed by atoms with E-state index in [9.17, 15) is 9.18 Å². The number of aromatic nitrogens is 4. The number of anilines is 1. The van der Waals surface area contributed by atoms with Crippen molar-refractivity contribution >= 4 is 46.0 Å². The topological polar surface area (TPSA) is 67.2 Å². The van der Waals surface area contributed by atoms with Crippen LogP contribution in [0.4, 0.5) is 10.2 Å². The molecular weight excluding hydrogens is 538 g/mol. The molecule has 1 fully saturated rings. The Labute approximate surface area is 237 Å². The highest BCUT2D eigenvalue weighted by Gasteiger charge is 2.26. The van der Waals surface area contributed by atoms with E-state index in [1.807, 2.05) is 11.8 Å². The Morgan fingerprint density at radius 1 is 1.03 bits per heavy atom. The molecule has 39 heavy (non-hydrogen) atoms. The van der Waals surface area contributed by atoms with E-state index < -0.39 is 0 Å². The third-order valence-corrected chi connectivity index (χ3v) is 7.54. The molecule has 1 saturated heterocycles. The maximum Gasteiger partial charge on any atom is 0.255 e. The maximum atomic E-state index is 13.6. The van der Waals surface area contributed by atoms with Crippen molar-refractivity contribution in [3.05, 3.63) is 75.4 Å². The fourth-order valence-corrected chi connectivity index (χ4v) is 5.38. The molecule has 0 N–H and O–H groups in total. The highest BCUT2D eigenvalue weighted by molar-refractivity contribution is 6.36. The SMILES string of the molecule is Cc1nn(-c2ccc(F)cc2)c2nc(CCC(C)C)nc(N3CCCN(C(=O)c4ccc(Cl)cc4Cl)CC3)c12. The van der Waals surface area contributed by atoms with Crippen LogP contribution in [0.5, 0.6) is 0 Å². The molecule has 5 rings (SSSR count). The van der Waals surface area contributed by atoms with Crippen LogP contribution >= 0.6 is 23.2 Å². The molecule has 0 unspecified atom stereocenters. The van der Waals surface area contributed by atoms with E-state index in [2.05, 4.69) is 18.7 Å². The number of benzene rings is 2. The van der Waals surface area contributed by atoms with Crippen molar-refractivity contribution < 1.29 is 9.18 Å². The van der Waals surface area contributed by atoms with Gasteiger partial charge in [0.1, 0.15) is 17.5 Å². The predicted molar refractivity (Wildman–Crippen MR) is 154 cm³/mol. The van der Waals surface area contributed by atoms with Crippen LogP contribution in [0.15, 0.2) is 42.5 Å². The maximum absolute atomic E-state index is 13.6. The van der Waals surface area contributed by atoms with Crippen LogP contribution in [0, 0.1) is 18.7 Å². The van der Waals surface area contributed by atoms with Gasteiger partial charge < -0.3 is 9.80 Å². The fraction of sp³-hybridized carbons (Fsp3) is 0.379. The van der Waals surface area contributed by atoms with Gasteiger partial charge in [0.2, 0.25) is 0 Å². The number of amides is 1. The summed E-state index contributed by atoms with van der Waals surface area (Å²) in [6.45, 7) is 8.77. The molecule has 204 valence electrons. The highest BCUT2D eigenvalue weighted by Crippen LogP contribution is 2.31. The van der Waals surface area contributed by atoms with Gasteiger partial charge in [-0.05, 0) is 68.1 Å². The molecule has 10 heteroatoms. The largest absolute Gasteiger partial charge is 0.354 e. The summed E-state index contributed by atoms with van der Waals surface area (Å²) in [6.07, 6.45) is 2.47. The Hall–Kier alpha value is -3.23. The molecule has 2 aromatic heterocycles. The van der Waals surface area contributed by atoms with Crippen LogP contribution in [-0.4, -0.2) is 56.7 Å². The first kappa shape index (κ1) is 27.3. The number of aryl methyl sites for hydroxylation is 2. The van der Waals surface area contributed by atoms with Gasteiger partial charge >= 0.3 is 0 Å². The molecule has 1 aliphatic heterocycles. The summed E-state index contributed by atoms with van der Waals surface area (Å²) in [5, 5.41) is 6.50. The quantitative estimate of drug-likeness (QED) is 0.265. The van der Waals surface area contributed by atoms with E-state index in [0.717, 1.165) is 54.2 Å². The van der Waals surface area contributed by atoms with E-state index >= 15 is 0 Å². The molecule has 4 aromatic rings. The first-order chi connectivity index (χ1) is 18.7. The first-order valence-electron chi connectivity index (χ1n) is 13.2. The van der Waals surface area contributed by atoms with Gasteiger partial charge in [-0.3, -0.25) is 4.79 Å². The van der Waals surface area contributed by atoms with Crippen molar-refractivity contribution in [3.8, 4) is 5.69 Å². The molecule has 1 aliphatic rings. The van der Waals surface area contributed by atoms with Gasteiger partial charge in [0.05, 0.1) is 27.4 Å². The number of hydrogen-bond donors (Lipinski definition) is 0. The van der Waals surface area contributed by atoms with Crippen molar-refractivity contribution in [2.45, 2.75) is 40.0 Å². The Morgan fingerprint density at radius 3 is 2.51 bits per heavy atom. The molecule has 0 aliphatic carbocycles. The summed E-state index contributed by atoms with van der Waals surface area (Å²) in [4.78, 5) is 27.3. The lowest BCUT2D eigenvalue weighted by Crippen LogP contribution is -2.35. The molecule has 0 saturated carbocycles. The van der Waals surface area contributed by atoms with Crippen molar-refractivity contribution in [1.29, 1.82) is 0 Å². The minimum atomic E-state index is -0.302. The second kappa shape index (κ2) is 11.5. The number of nitrogens with zero attached hydrogens (tertiary/aromatic N) is 6. The van der Waals surface area contributed by atoms with Crippen molar-refractivity contribution in [2.75, 3.05) is 31.1 Å². The van der Waals surface area contributed by atoms with Gasteiger partial charge in [0.15, 0.2) is 5.65 Å². The zero-order chi connectivity index (χ0) is 27.7. The van der Waals surface area contributed by atoms with Gasteiger partial charge in [-0.15, -0.1) is 0 Å². The Morgan fingerprint density at radius 2 is 1.79 bits per heavy atom. The summed E-state index contributed by atoms with van der Waals surface area (Å²) in [6, 6.07) is 11.2. The standard InChI is InChI=1S/C29H31Cl2FN6O/c1-18(2)5-12-25-33-27(26-19(3)35-38(28(26)34-25)22-9-7-21(32)8-10-22)36-13-4-14-37(16-15-36)29(39)23-11-6-20(30)17-24(23)31/h6-11,17-18H,4-5,12-16H2,1-3H3. The molecule has 3 heterocycles. The van der Waals surface area contributed by atoms with Gasteiger partial charge in [-0.1, -0.05) is 37.0 Å². The van der Waals surface area contributed by atoms with Gasteiger partial charge in [-0.2, -0.15) is 5.10 Å². The number of halogens is 3. The minimum absolute atomic E-state index is 0.107. The molecule has 1 amide bonds. The molecule has 2 aromatic carbocycles. The lowest BCUT2D eigenvalue weighted by Gasteiger charge is -2.24. The summed E-state index contributed by atoms with van der Waals surface area (Å²) < 4.78 is 15.4. The van der Waals surface area contributed by atoms with E-state index in [1.54, 1.807) is 35.0 Å². The minimum Gasteiger partial charge on any atom is -0.354 e. The van der Waals surface area contributed by atoms with Crippen molar-refractivity contribution in [3.63, 3.8) is 0 Å². The van der Waals surface area contributed by atoms with Gasteiger partial charge in [0, 0.05) is 37.6 Å². The average Bonchev–Trinajstić information content (AvgIpc) is 3.07. The smallest absolute Gasteiger partial charge is 0.255 e. The zero-order valence-corrected chi connectivity index (χ0v) is 23.8. The Balaban J connectivity index is 1.50. The second-order valence-electron chi connectivity index (χ2n) is 10.3. The number of fused-ring (bicyclic) bond motifs is 1. The third kappa shape index (κ3) is 5.87. The molecule has 0 radical (unpaired) electrons. The summed E-state index contributed by atoms with van der Waals surface area (Å²) in [5.74, 6) is 1.67. The van der Waals surface area contributed by atoms with Crippen molar-refractivity contribution in [2.24, 2.45) is 5.92 Å². The third-order valence-electron chi connectivity index (χ3n) is 6.99. The first-order valence-corrected chi connectivity index (χ1v) is 14.0. The highest BCUT2D eigenvalue weighted by atomic mass is 35.5. The normalized spacial score (nSPS) is 14.3. The lowest BCUT2D eigenvalue weighted by atomic mass is 10.1. The molecule has 0 spiro atoms. The van der Waals surface area contributed by atoms with Crippen LogP contribution in [0.2, 0.25) is 10.0 Å². The van der Waals surface area contributed by atoms with Crippen molar-refractivity contribution in [1.82, 2.24) is 24.6 Å². The van der Waals surface area contributed by atoms with E-state index in [-0.39, 0.29) is 11.7 Å². The van der Waals surface area contributed by atoms with Crippen LogP contribution < -0.4 is 4.90 Å². The monoisotopic (exact) mass is 568 g/mol. The second-order valence-corrected chi connectivity index (χ2v) is 11.2. The number of carbonyl (C=O) groups is 1. The molecular formula is C29H31Cl2FN6O. The van der Waals surface area contributed by atoms with E-state index in [1.165, 1.54) is 12.1 Å². The molecule has 0 bridgehead atoms. The van der Waals surface area contributed by atoms with Crippen LogP contribution in [0.3, 0.4) is 0 Å². The van der Waals surface area contributed by atoms with Crippen LogP contribution in [0.25, 0.3) is 16.7 Å². The Bertz CT molecular complexity index is 1500. The molecule has 7 nitrogen and oxygen atoms in total. The van der Waals surface area contributed by atoms with Crippen LogP contribution in [-0.2, 0) is 6.42 Å².